The van der Waals surface area contributed by atoms with E-state index in [2.05, 4.69) is 5.32 Å². The lowest BCUT2D eigenvalue weighted by Crippen LogP contribution is -2.38. The zero-order valence-electron chi connectivity index (χ0n) is 18.6. The zero-order valence-corrected chi connectivity index (χ0v) is 21.0. The molecule has 0 aliphatic carbocycles. The second-order valence-corrected chi connectivity index (χ2v) is 10.3. The maximum absolute atomic E-state index is 13.8. The first-order valence-electron chi connectivity index (χ1n) is 10.0. The molecule has 0 saturated carbocycles. The predicted molar refractivity (Wildman–Crippen MR) is 133 cm³/mol. The molecule has 0 aliphatic rings. The van der Waals surface area contributed by atoms with Gasteiger partial charge < -0.3 is 10.1 Å². The van der Waals surface area contributed by atoms with Crippen LogP contribution in [0.15, 0.2) is 59.5 Å². The molecule has 0 heterocycles. The molecule has 3 rings (SSSR count). The number of hydrogen-bond acceptors (Lipinski definition) is 4. The maximum atomic E-state index is 13.8. The van der Waals surface area contributed by atoms with E-state index in [4.69, 9.17) is 27.9 Å². The van der Waals surface area contributed by atoms with Gasteiger partial charge in [0.1, 0.15) is 17.2 Å². The summed E-state index contributed by atoms with van der Waals surface area (Å²) < 4.78 is 33.9. The van der Waals surface area contributed by atoms with Crippen LogP contribution in [0.4, 0.5) is 11.4 Å². The molecular weight excluding hydrogens is 483 g/mol. The summed E-state index contributed by atoms with van der Waals surface area (Å²) in [5, 5.41) is 3.32. The van der Waals surface area contributed by atoms with Crippen LogP contribution >= 0.6 is 23.2 Å². The van der Waals surface area contributed by atoms with Crippen LogP contribution in [0.2, 0.25) is 10.0 Å². The number of halogens is 2. The number of carbonyl (C=O) groups is 1. The Morgan fingerprint density at radius 2 is 1.70 bits per heavy atom. The van der Waals surface area contributed by atoms with Gasteiger partial charge in [-0.1, -0.05) is 35.3 Å². The van der Waals surface area contributed by atoms with Crippen molar-refractivity contribution in [2.24, 2.45) is 0 Å². The first-order valence-corrected chi connectivity index (χ1v) is 12.2. The number of anilines is 2. The third-order valence-corrected chi connectivity index (χ3v) is 7.52. The number of aryl methyl sites for hydroxylation is 3. The topological polar surface area (TPSA) is 75.7 Å². The summed E-state index contributed by atoms with van der Waals surface area (Å²) >= 11 is 12.2. The minimum Gasteiger partial charge on any atom is -0.495 e. The second-order valence-electron chi connectivity index (χ2n) is 7.61. The highest BCUT2D eigenvalue weighted by Crippen LogP contribution is 2.32. The van der Waals surface area contributed by atoms with Crippen LogP contribution in [0.1, 0.15) is 16.7 Å². The van der Waals surface area contributed by atoms with Gasteiger partial charge in [0.15, 0.2) is 0 Å². The number of ether oxygens (including phenoxy) is 1. The summed E-state index contributed by atoms with van der Waals surface area (Å²) in [6.07, 6.45) is 0. The Kier molecular flexibility index (Phi) is 7.57. The van der Waals surface area contributed by atoms with Crippen molar-refractivity contribution >= 4 is 50.5 Å². The van der Waals surface area contributed by atoms with Crippen LogP contribution in [0.25, 0.3) is 0 Å². The molecule has 3 aromatic rings. The highest BCUT2D eigenvalue weighted by Gasteiger charge is 2.30. The smallest absolute Gasteiger partial charge is 0.268 e. The normalized spacial score (nSPS) is 11.2. The molecule has 1 amide bonds. The minimum atomic E-state index is -4.17. The van der Waals surface area contributed by atoms with Gasteiger partial charge in [-0.05, 0) is 79.9 Å². The number of hydrogen-bond donors (Lipinski definition) is 1. The van der Waals surface area contributed by atoms with Crippen LogP contribution in [0.5, 0.6) is 5.75 Å². The van der Waals surface area contributed by atoms with Gasteiger partial charge in [0, 0.05) is 5.02 Å². The lowest BCUT2D eigenvalue weighted by Gasteiger charge is -2.26. The lowest BCUT2D eigenvalue weighted by atomic mass is 10.1. The summed E-state index contributed by atoms with van der Waals surface area (Å²) in [6, 6.07) is 14.7. The zero-order chi connectivity index (χ0) is 24.3. The summed E-state index contributed by atoms with van der Waals surface area (Å²) in [5.74, 6) is -0.389. The molecular formula is C24H24Cl2N2O4S. The van der Waals surface area contributed by atoms with E-state index >= 15 is 0 Å². The molecule has 33 heavy (non-hydrogen) atoms. The Labute approximate surface area is 204 Å². The molecule has 9 heteroatoms. The lowest BCUT2D eigenvalue weighted by molar-refractivity contribution is -0.114. The number of rotatable bonds is 7. The molecule has 0 saturated heterocycles. The number of carbonyl (C=O) groups excluding carboxylic acids is 1. The average molecular weight is 507 g/mol. The highest BCUT2D eigenvalue weighted by molar-refractivity contribution is 7.93. The monoisotopic (exact) mass is 506 g/mol. The summed E-state index contributed by atoms with van der Waals surface area (Å²) in [7, 11) is -2.77. The van der Waals surface area contributed by atoms with E-state index in [9.17, 15) is 13.2 Å². The van der Waals surface area contributed by atoms with Crippen molar-refractivity contribution in [3.63, 3.8) is 0 Å². The van der Waals surface area contributed by atoms with E-state index in [1.807, 2.05) is 19.9 Å². The minimum absolute atomic E-state index is 0.0307. The van der Waals surface area contributed by atoms with Gasteiger partial charge in [-0.2, -0.15) is 0 Å². The first kappa shape index (κ1) is 24.9. The van der Waals surface area contributed by atoms with Crippen molar-refractivity contribution in [2.45, 2.75) is 25.7 Å². The van der Waals surface area contributed by atoms with Crippen LogP contribution in [-0.4, -0.2) is 28.0 Å². The molecule has 0 aromatic heterocycles. The van der Waals surface area contributed by atoms with E-state index < -0.39 is 22.5 Å². The van der Waals surface area contributed by atoms with Crippen molar-refractivity contribution in [2.75, 3.05) is 23.3 Å². The predicted octanol–water partition coefficient (Wildman–Crippen LogP) is 5.76. The van der Waals surface area contributed by atoms with Gasteiger partial charge >= 0.3 is 0 Å². The number of nitrogens with zero attached hydrogens (tertiary/aromatic N) is 1. The fourth-order valence-corrected chi connectivity index (χ4v) is 5.21. The molecule has 0 radical (unpaired) electrons. The Bertz CT molecular complexity index is 1310. The van der Waals surface area contributed by atoms with Gasteiger partial charge in [0.2, 0.25) is 5.91 Å². The molecule has 0 spiro atoms. The van der Waals surface area contributed by atoms with Gasteiger partial charge in [0.05, 0.1) is 23.5 Å². The largest absolute Gasteiger partial charge is 0.495 e. The van der Waals surface area contributed by atoms with Crippen molar-refractivity contribution in [3.8, 4) is 5.75 Å². The standard InChI is InChI=1S/C24H24Cl2N2O4S/c1-15-5-10-22(32-4)23(11-15)33(30,31)28(19-8-6-16(2)17(3)12-19)14-24(29)27-21-13-18(25)7-9-20(21)26/h5-13H,14H2,1-4H3,(H,27,29). The van der Waals surface area contributed by atoms with Crippen molar-refractivity contribution in [1.82, 2.24) is 0 Å². The molecule has 3 aromatic carbocycles. The van der Waals surface area contributed by atoms with Crippen LogP contribution < -0.4 is 14.4 Å². The molecule has 6 nitrogen and oxygen atoms in total. The van der Waals surface area contributed by atoms with Gasteiger partial charge in [0.25, 0.3) is 10.0 Å². The van der Waals surface area contributed by atoms with Crippen LogP contribution in [0.3, 0.4) is 0 Å². The molecule has 174 valence electrons. The van der Waals surface area contributed by atoms with Crippen molar-refractivity contribution in [1.29, 1.82) is 0 Å². The summed E-state index contributed by atoms with van der Waals surface area (Å²) in [6.45, 7) is 5.11. The van der Waals surface area contributed by atoms with E-state index in [0.717, 1.165) is 21.0 Å². The number of sulfonamides is 1. The number of methoxy groups -OCH3 is 1. The molecule has 0 fully saturated rings. The molecule has 0 atom stereocenters. The Hall–Kier alpha value is -2.74. The molecule has 0 aliphatic heterocycles. The molecule has 1 N–H and O–H groups in total. The third kappa shape index (κ3) is 5.61. The van der Waals surface area contributed by atoms with Gasteiger partial charge in [-0.15, -0.1) is 0 Å². The Balaban J connectivity index is 2.06. The number of benzene rings is 3. The molecule has 0 bridgehead atoms. The van der Waals surface area contributed by atoms with E-state index in [-0.39, 0.29) is 15.7 Å². The van der Waals surface area contributed by atoms with Gasteiger partial charge in [-0.25, -0.2) is 8.42 Å². The van der Waals surface area contributed by atoms with E-state index in [1.54, 1.807) is 43.3 Å². The quantitative estimate of drug-likeness (QED) is 0.441. The SMILES string of the molecule is COc1ccc(C)cc1S(=O)(=O)N(CC(=O)Nc1cc(Cl)ccc1Cl)c1ccc(C)c(C)c1. The van der Waals surface area contributed by atoms with Crippen molar-refractivity contribution in [3.05, 3.63) is 81.3 Å². The maximum Gasteiger partial charge on any atom is 0.268 e. The van der Waals surface area contributed by atoms with E-state index in [0.29, 0.717) is 16.4 Å². The third-order valence-electron chi connectivity index (χ3n) is 5.16. The Morgan fingerprint density at radius 1 is 0.970 bits per heavy atom. The molecule has 0 unspecified atom stereocenters. The number of amides is 1. The fourth-order valence-electron chi connectivity index (χ4n) is 3.21. The highest BCUT2D eigenvalue weighted by atomic mass is 35.5. The summed E-state index contributed by atoms with van der Waals surface area (Å²) in [5.41, 5.74) is 3.28. The second kappa shape index (κ2) is 10.0. The van der Waals surface area contributed by atoms with Gasteiger partial charge in [-0.3, -0.25) is 9.10 Å². The van der Waals surface area contributed by atoms with Crippen molar-refractivity contribution < 1.29 is 17.9 Å². The van der Waals surface area contributed by atoms with Crippen LogP contribution in [-0.2, 0) is 14.8 Å². The number of nitrogens with one attached hydrogen (secondary N) is 1. The summed E-state index contributed by atoms with van der Waals surface area (Å²) in [4.78, 5) is 12.9. The first-order chi connectivity index (χ1) is 15.5. The fraction of sp³-hybridized carbons (Fsp3) is 0.208. The average Bonchev–Trinajstić information content (AvgIpc) is 2.76. The van der Waals surface area contributed by atoms with Crippen LogP contribution in [0, 0.1) is 20.8 Å². The Morgan fingerprint density at radius 3 is 2.36 bits per heavy atom. The van der Waals surface area contributed by atoms with E-state index in [1.165, 1.54) is 19.2 Å².